The van der Waals surface area contributed by atoms with Crippen molar-refractivity contribution in [1.29, 1.82) is 0 Å². The van der Waals surface area contributed by atoms with Crippen LogP contribution in [0.4, 0.5) is 4.79 Å². The summed E-state index contributed by atoms with van der Waals surface area (Å²) in [6.45, 7) is 3.33. The first-order valence-electron chi connectivity index (χ1n) is 8.58. The average Bonchev–Trinajstić information content (AvgIpc) is 2.66. The van der Waals surface area contributed by atoms with Gasteiger partial charge in [0.2, 0.25) is 11.9 Å². The number of β-lactam (4-membered cyclic amide) rings is 1. The van der Waals surface area contributed by atoms with Crippen LogP contribution in [0.25, 0.3) is 0 Å². The summed E-state index contributed by atoms with van der Waals surface area (Å²) in [6.07, 6.45) is -0.763. The number of carbonyl (C=O) groups excluding carboxylic acids is 4. The molecule has 0 aliphatic carbocycles. The largest absolute Gasteiger partial charge is 0.464 e. The highest BCUT2D eigenvalue weighted by atomic mass is 16.6. The number of ether oxygens (including phenoxy) is 3. The van der Waals surface area contributed by atoms with Crippen LogP contribution < -0.4 is 5.32 Å². The van der Waals surface area contributed by atoms with E-state index < -0.39 is 36.0 Å². The lowest BCUT2D eigenvalue weighted by Crippen LogP contribution is -2.69. The van der Waals surface area contributed by atoms with Crippen LogP contribution in [0.5, 0.6) is 0 Å². The Kier molecular flexibility index (Phi) is 7.16. The first-order chi connectivity index (χ1) is 13.0. The predicted molar refractivity (Wildman–Crippen MR) is 92.3 cm³/mol. The molecule has 1 fully saturated rings. The summed E-state index contributed by atoms with van der Waals surface area (Å²) in [5.41, 5.74) is 0.805. The predicted octanol–water partition coefficient (Wildman–Crippen LogP) is 0.618. The van der Waals surface area contributed by atoms with Crippen molar-refractivity contribution < 1.29 is 33.4 Å². The standard InChI is InChI=1S/C18H22N2O7/c1-3-25-16(22)14(17(23)26-4-2)20-10-13(15(20)21)19-18(24)27-11-12-8-6-5-7-9-12/h5-9,13-14H,3-4,10-11H2,1-2H3,(H,19,24). The molecule has 1 aliphatic rings. The zero-order valence-electron chi connectivity index (χ0n) is 15.2. The van der Waals surface area contributed by atoms with Gasteiger partial charge in [0.15, 0.2) is 0 Å². The maximum Gasteiger partial charge on any atom is 0.408 e. The highest BCUT2D eigenvalue weighted by molar-refractivity contribution is 6.05. The Morgan fingerprint density at radius 2 is 1.67 bits per heavy atom. The highest BCUT2D eigenvalue weighted by Gasteiger charge is 2.49. The normalized spacial score (nSPS) is 15.7. The van der Waals surface area contributed by atoms with Gasteiger partial charge in [0.25, 0.3) is 0 Å². The molecule has 27 heavy (non-hydrogen) atoms. The number of hydrogen-bond donors (Lipinski definition) is 1. The third kappa shape index (κ3) is 5.19. The Labute approximate surface area is 156 Å². The van der Waals surface area contributed by atoms with E-state index in [1.807, 2.05) is 18.2 Å². The Hall–Kier alpha value is -3.10. The van der Waals surface area contributed by atoms with Gasteiger partial charge in [-0.05, 0) is 19.4 Å². The summed E-state index contributed by atoms with van der Waals surface area (Å²) < 4.78 is 14.7. The van der Waals surface area contributed by atoms with E-state index in [1.165, 1.54) is 0 Å². The van der Waals surface area contributed by atoms with Crippen molar-refractivity contribution in [1.82, 2.24) is 10.2 Å². The third-order valence-corrected chi connectivity index (χ3v) is 3.80. The van der Waals surface area contributed by atoms with Gasteiger partial charge < -0.3 is 24.4 Å². The first-order valence-corrected chi connectivity index (χ1v) is 8.58. The number of nitrogens with zero attached hydrogens (tertiary/aromatic N) is 1. The highest BCUT2D eigenvalue weighted by Crippen LogP contribution is 2.17. The second-order valence-electron chi connectivity index (χ2n) is 5.66. The molecule has 1 heterocycles. The maximum atomic E-state index is 12.3. The fourth-order valence-electron chi connectivity index (χ4n) is 2.49. The number of esters is 2. The zero-order valence-corrected chi connectivity index (χ0v) is 15.2. The number of rotatable bonds is 8. The molecule has 1 aromatic rings. The molecule has 0 saturated carbocycles. The van der Waals surface area contributed by atoms with Crippen LogP contribution >= 0.6 is 0 Å². The van der Waals surface area contributed by atoms with Crippen molar-refractivity contribution in [2.24, 2.45) is 0 Å². The number of nitrogens with one attached hydrogen (secondary N) is 1. The van der Waals surface area contributed by atoms with E-state index in [0.717, 1.165) is 10.5 Å². The van der Waals surface area contributed by atoms with E-state index in [9.17, 15) is 19.2 Å². The molecule has 1 aliphatic heterocycles. The minimum Gasteiger partial charge on any atom is -0.464 e. The van der Waals surface area contributed by atoms with Crippen LogP contribution in [0.3, 0.4) is 0 Å². The quantitative estimate of drug-likeness (QED) is 0.305. The summed E-state index contributed by atoms with van der Waals surface area (Å²) in [7, 11) is 0. The molecule has 2 amide bonds. The molecule has 1 atom stereocenters. The molecule has 9 nitrogen and oxygen atoms in total. The summed E-state index contributed by atoms with van der Waals surface area (Å²) >= 11 is 0. The van der Waals surface area contributed by atoms with E-state index >= 15 is 0 Å². The zero-order chi connectivity index (χ0) is 19.8. The van der Waals surface area contributed by atoms with Crippen molar-refractivity contribution in [3.8, 4) is 0 Å². The van der Waals surface area contributed by atoms with Gasteiger partial charge in [-0.1, -0.05) is 30.3 Å². The van der Waals surface area contributed by atoms with Gasteiger partial charge >= 0.3 is 18.0 Å². The van der Waals surface area contributed by atoms with Crippen molar-refractivity contribution in [2.75, 3.05) is 19.8 Å². The molecule has 1 unspecified atom stereocenters. The molecule has 9 heteroatoms. The van der Waals surface area contributed by atoms with E-state index in [1.54, 1.807) is 26.0 Å². The Balaban J connectivity index is 1.88. The van der Waals surface area contributed by atoms with Gasteiger partial charge in [-0.2, -0.15) is 0 Å². The van der Waals surface area contributed by atoms with Gasteiger partial charge in [0.1, 0.15) is 12.6 Å². The van der Waals surface area contributed by atoms with Crippen LogP contribution in [0, 0.1) is 0 Å². The van der Waals surface area contributed by atoms with Crippen LogP contribution in [-0.2, 0) is 35.2 Å². The second kappa shape index (κ2) is 9.56. The number of hydrogen-bond acceptors (Lipinski definition) is 7. The maximum absolute atomic E-state index is 12.3. The van der Waals surface area contributed by atoms with Crippen LogP contribution in [0.15, 0.2) is 30.3 Å². The number of carbonyl (C=O) groups is 4. The Morgan fingerprint density at radius 3 is 2.19 bits per heavy atom. The topological polar surface area (TPSA) is 111 Å². The van der Waals surface area contributed by atoms with Crippen LogP contribution in [-0.4, -0.2) is 60.7 Å². The number of likely N-dealkylation sites (tertiary alicyclic amines) is 1. The van der Waals surface area contributed by atoms with Crippen LogP contribution in [0.1, 0.15) is 19.4 Å². The van der Waals surface area contributed by atoms with E-state index in [-0.39, 0.29) is 26.4 Å². The molecule has 0 bridgehead atoms. The smallest absolute Gasteiger partial charge is 0.408 e. The lowest BCUT2D eigenvalue weighted by atomic mass is 10.0. The molecule has 0 aromatic heterocycles. The summed E-state index contributed by atoms with van der Waals surface area (Å²) in [6, 6.07) is 6.72. The fourth-order valence-corrected chi connectivity index (χ4v) is 2.49. The summed E-state index contributed by atoms with van der Waals surface area (Å²) in [4.78, 5) is 49.1. The van der Waals surface area contributed by atoms with Crippen molar-refractivity contribution >= 4 is 23.9 Å². The van der Waals surface area contributed by atoms with E-state index in [0.29, 0.717) is 0 Å². The monoisotopic (exact) mass is 378 g/mol. The van der Waals surface area contributed by atoms with E-state index in [2.05, 4.69) is 5.32 Å². The second-order valence-corrected chi connectivity index (χ2v) is 5.66. The number of amides is 2. The van der Waals surface area contributed by atoms with Gasteiger partial charge in [-0.3, -0.25) is 4.79 Å². The van der Waals surface area contributed by atoms with Gasteiger partial charge in [0.05, 0.1) is 19.8 Å². The molecular formula is C18H22N2O7. The molecule has 2 rings (SSSR count). The van der Waals surface area contributed by atoms with Crippen molar-refractivity contribution in [2.45, 2.75) is 32.5 Å². The van der Waals surface area contributed by atoms with Crippen LogP contribution in [0.2, 0.25) is 0 Å². The van der Waals surface area contributed by atoms with Gasteiger partial charge in [-0.25, -0.2) is 14.4 Å². The number of benzene rings is 1. The lowest BCUT2D eigenvalue weighted by molar-refractivity contribution is -0.173. The molecule has 1 saturated heterocycles. The molecule has 1 aromatic carbocycles. The minimum absolute atomic E-state index is 0.0262. The summed E-state index contributed by atoms with van der Waals surface area (Å²) in [5, 5.41) is 2.41. The Bertz CT molecular complexity index is 674. The average molecular weight is 378 g/mol. The molecule has 146 valence electrons. The van der Waals surface area contributed by atoms with Gasteiger partial charge in [0, 0.05) is 0 Å². The number of alkyl carbamates (subject to hydrolysis) is 1. The van der Waals surface area contributed by atoms with Gasteiger partial charge in [-0.15, -0.1) is 0 Å². The SMILES string of the molecule is CCOC(=O)C(C(=O)OCC)N1CC(NC(=O)OCc2ccccc2)C1=O. The molecule has 1 N–H and O–H groups in total. The third-order valence-electron chi connectivity index (χ3n) is 3.80. The van der Waals surface area contributed by atoms with Crippen molar-refractivity contribution in [3.05, 3.63) is 35.9 Å². The summed E-state index contributed by atoms with van der Waals surface area (Å²) in [5.74, 6) is -2.32. The minimum atomic E-state index is -1.48. The fraction of sp³-hybridized carbons (Fsp3) is 0.444. The lowest BCUT2D eigenvalue weighted by Gasteiger charge is -2.41. The molecule has 0 spiro atoms. The Morgan fingerprint density at radius 1 is 1.07 bits per heavy atom. The molecule has 0 radical (unpaired) electrons. The molecular weight excluding hydrogens is 356 g/mol. The first kappa shape index (κ1) is 20.2. The van der Waals surface area contributed by atoms with Crippen molar-refractivity contribution in [3.63, 3.8) is 0 Å². The van der Waals surface area contributed by atoms with E-state index in [4.69, 9.17) is 14.2 Å².